The van der Waals surface area contributed by atoms with Crippen LogP contribution in [0.25, 0.3) is 0 Å². The Morgan fingerprint density at radius 1 is 0.957 bits per heavy atom. The van der Waals surface area contributed by atoms with E-state index in [2.05, 4.69) is 21.3 Å². The highest BCUT2D eigenvalue weighted by molar-refractivity contribution is 5.90. The summed E-state index contributed by atoms with van der Waals surface area (Å²) in [5.74, 6) is -0.983. The van der Waals surface area contributed by atoms with E-state index in [0.29, 0.717) is 25.7 Å². The fourth-order valence-corrected chi connectivity index (χ4v) is 6.31. The Bertz CT molecular complexity index is 1380. The molecule has 2 aliphatic rings. The SMILES string of the molecule is CC(C)[C@@H]1CC[C@@H](C)CC(=O)N[C@@H](Cc2ccc(O)cc2)C(=O)NCCCC(=O)N2C[C@H](NC(=O)Cc3ccccc3)C[C@H]2C(=O)N1. The maximum atomic E-state index is 13.7. The van der Waals surface area contributed by atoms with Gasteiger partial charge < -0.3 is 31.3 Å². The molecule has 2 aromatic rings. The molecule has 2 heterocycles. The number of fused-ring (bicyclic) bond motifs is 1. The highest BCUT2D eigenvalue weighted by Crippen LogP contribution is 2.23. The third kappa shape index (κ3) is 10.8. The molecule has 254 valence electrons. The van der Waals surface area contributed by atoms with E-state index in [0.717, 1.165) is 11.1 Å². The number of carbonyl (C=O) groups excluding carboxylic acids is 5. The van der Waals surface area contributed by atoms with Crippen LogP contribution in [0.1, 0.15) is 70.4 Å². The maximum Gasteiger partial charge on any atom is 0.243 e. The number of amides is 5. The van der Waals surface area contributed by atoms with Crippen molar-refractivity contribution in [1.29, 1.82) is 0 Å². The van der Waals surface area contributed by atoms with Crippen LogP contribution in [0.15, 0.2) is 54.6 Å². The van der Waals surface area contributed by atoms with Crippen LogP contribution in [0.3, 0.4) is 0 Å². The van der Waals surface area contributed by atoms with E-state index in [1.165, 1.54) is 0 Å². The molecule has 2 aliphatic heterocycles. The monoisotopic (exact) mass is 647 g/mol. The first-order chi connectivity index (χ1) is 22.5. The summed E-state index contributed by atoms with van der Waals surface area (Å²) in [4.78, 5) is 67.9. The Labute approximate surface area is 277 Å². The van der Waals surface area contributed by atoms with Crippen LogP contribution < -0.4 is 21.3 Å². The molecule has 2 saturated heterocycles. The number of phenols is 1. The van der Waals surface area contributed by atoms with Crippen molar-refractivity contribution in [3.8, 4) is 5.75 Å². The molecular formula is C36H49N5O6. The second kappa shape index (κ2) is 16.9. The van der Waals surface area contributed by atoms with Crippen LogP contribution >= 0.6 is 0 Å². The van der Waals surface area contributed by atoms with E-state index in [4.69, 9.17) is 0 Å². The van der Waals surface area contributed by atoms with E-state index >= 15 is 0 Å². The van der Waals surface area contributed by atoms with E-state index in [-0.39, 0.29) is 98.0 Å². The zero-order valence-electron chi connectivity index (χ0n) is 27.7. The van der Waals surface area contributed by atoms with E-state index < -0.39 is 12.1 Å². The molecule has 0 aromatic heterocycles. The summed E-state index contributed by atoms with van der Waals surface area (Å²) in [6, 6.07) is 13.8. The van der Waals surface area contributed by atoms with Gasteiger partial charge in [0.05, 0.1) is 6.42 Å². The minimum Gasteiger partial charge on any atom is -0.508 e. The molecule has 5 N–H and O–H groups in total. The van der Waals surface area contributed by atoms with Crippen molar-refractivity contribution in [2.24, 2.45) is 11.8 Å². The third-order valence-electron chi connectivity index (χ3n) is 9.03. The number of phenolic OH excluding ortho intramolecular Hbond substituents is 1. The van der Waals surface area contributed by atoms with Crippen molar-refractivity contribution in [3.05, 3.63) is 65.7 Å². The molecule has 5 atom stereocenters. The van der Waals surface area contributed by atoms with Crippen molar-refractivity contribution in [3.63, 3.8) is 0 Å². The fourth-order valence-electron chi connectivity index (χ4n) is 6.31. The van der Waals surface area contributed by atoms with Gasteiger partial charge in [0.15, 0.2) is 0 Å². The summed E-state index contributed by atoms with van der Waals surface area (Å²) in [5, 5.41) is 21.6. The predicted octanol–water partition coefficient (Wildman–Crippen LogP) is 2.61. The Kier molecular flexibility index (Phi) is 12.8. The molecule has 5 amide bonds. The van der Waals surface area contributed by atoms with Gasteiger partial charge in [-0.25, -0.2) is 0 Å². The lowest BCUT2D eigenvalue weighted by Crippen LogP contribution is -2.50. The van der Waals surface area contributed by atoms with Crippen LogP contribution in [-0.4, -0.2) is 76.8 Å². The fraction of sp³-hybridized carbons (Fsp3) is 0.528. The van der Waals surface area contributed by atoms with Gasteiger partial charge in [0.25, 0.3) is 0 Å². The zero-order chi connectivity index (χ0) is 33.9. The minimum absolute atomic E-state index is 0.00168. The number of hydrogen-bond donors (Lipinski definition) is 5. The molecule has 0 saturated carbocycles. The van der Waals surface area contributed by atoms with Gasteiger partial charge in [0, 0.05) is 44.4 Å². The van der Waals surface area contributed by atoms with Gasteiger partial charge in [-0.2, -0.15) is 0 Å². The van der Waals surface area contributed by atoms with Gasteiger partial charge >= 0.3 is 0 Å². The quantitative estimate of drug-likeness (QED) is 0.325. The average Bonchev–Trinajstić information content (AvgIpc) is 3.45. The maximum absolute atomic E-state index is 13.7. The molecule has 0 aliphatic carbocycles. The molecule has 11 heteroatoms. The standard InChI is InChI=1S/C36H49N5O6/c1-23(2)29-16-11-24(3)18-32(43)39-30(19-26-12-14-28(42)15-13-26)35(46)37-17-7-10-34(45)41-22-27(21-31(41)36(47)40-29)38-33(44)20-25-8-5-4-6-9-25/h4-6,8-9,12-15,23-24,27,29-31,42H,7,10-11,16-22H2,1-3H3,(H,37,46)(H,38,44)(H,39,43)(H,40,47)/t24-,27-,29+,30+,31+/m1/s1. The van der Waals surface area contributed by atoms with E-state index in [1.807, 2.05) is 51.1 Å². The Balaban J connectivity index is 1.48. The number of nitrogens with zero attached hydrogens (tertiary/aromatic N) is 1. The summed E-state index contributed by atoms with van der Waals surface area (Å²) in [6.07, 6.45) is 2.77. The molecule has 0 unspecified atom stereocenters. The normalized spacial score (nSPS) is 25.2. The molecule has 2 aromatic carbocycles. The number of nitrogens with one attached hydrogen (secondary N) is 4. The zero-order valence-corrected chi connectivity index (χ0v) is 27.7. The Hall–Kier alpha value is -4.41. The molecular weight excluding hydrogens is 598 g/mol. The first-order valence-corrected chi connectivity index (χ1v) is 16.8. The highest BCUT2D eigenvalue weighted by Gasteiger charge is 2.40. The second-order valence-corrected chi connectivity index (χ2v) is 13.4. The van der Waals surface area contributed by atoms with E-state index in [9.17, 15) is 29.1 Å². The van der Waals surface area contributed by atoms with Gasteiger partial charge in [0.2, 0.25) is 29.5 Å². The van der Waals surface area contributed by atoms with Crippen molar-refractivity contribution in [1.82, 2.24) is 26.2 Å². The predicted molar refractivity (Wildman–Crippen MR) is 178 cm³/mol. The molecule has 2 fully saturated rings. The lowest BCUT2D eigenvalue weighted by molar-refractivity contribution is -0.139. The first kappa shape index (κ1) is 35.4. The van der Waals surface area contributed by atoms with E-state index in [1.54, 1.807) is 29.2 Å². The summed E-state index contributed by atoms with van der Waals surface area (Å²) in [5.41, 5.74) is 1.67. The number of aromatic hydroxyl groups is 1. The Morgan fingerprint density at radius 2 is 1.68 bits per heavy atom. The van der Waals surface area contributed by atoms with Gasteiger partial charge in [-0.1, -0.05) is 63.2 Å². The lowest BCUT2D eigenvalue weighted by atomic mass is 9.92. The molecule has 0 radical (unpaired) electrons. The topological polar surface area (TPSA) is 157 Å². The summed E-state index contributed by atoms with van der Waals surface area (Å²) >= 11 is 0. The summed E-state index contributed by atoms with van der Waals surface area (Å²) < 4.78 is 0. The Morgan fingerprint density at radius 3 is 2.38 bits per heavy atom. The molecule has 11 nitrogen and oxygen atoms in total. The van der Waals surface area contributed by atoms with Crippen LogP contribution in [0.4, 0.5) is 0 Å². The van der Waals surface area contributed by atoms with Gasteiger partial charge in [0.1, 0.15) is 17.8 Å². The first-order valence-electron chi connectivity index (χ1n) is 16.8. The van der Waals surface area contributed by atoms with Crippen LogP contribution in [0.5, 0.6) is 5.75 Å². The number of carbonyl (C=O) groups is 5. The summed E-state index contributed by atoms with van der Waals surface area (Å²) in [7, 11) is 0. The lowest BCUT2D eigenvalue weighted by Gasteiger charge is -2.29. The van der Waals surface area contributed by atoms with Crippen LogP contribution in [0.2, 0.25) is 0 Å². The number of rotatable bonds is 6. The minimum atomic E-state index is -0.820. The smallest absolute Gasteiger partial charge is 0.243 e. The average molecular weight is 648 g/mol. The van der Waals surface area contributed by atoms with Crippen LogP contribution in [0, 0.1) is 11.8 Å². The number of benzene rings is 2. The molecule has 0 spiro atoms. The van der Waals surface area contributed by atoms with Gasteiger partial charge in [-0.15, -0.1) is 0 Å². The molecule has 0 bridgehead atoms. The third-order valence-corrected chi connectivity index (χ3v) is 9.03. The highest BCUT2D eigenvalue weighted by atomic mass is 16.3. The summed E-state index contributed by atoms with van der Waals surface area (Å²) in [6.45, 7) is 6.48. The number of hydrogen-bond acceptors (Lipinski definition) is 6. The van der Waals surface area contributed by atoms with Crippen molar-refractivity contribution >= 4 is 29.5 Å². The van der Waals surface area contributed by atoms with Crippen molar-refractivity contribution in [2.75, 3.05) is 13.1 Å². The van der Waals surface area contributed by atoms with Gasteiger partial charge in [-0.3, -0.25) is 24.0 Å². The van der Waals surface area contributed by atoms with Crippen molar-refractivity contribution < 1.29 is 29.1 Å². The van der Waals surface area contributed by atoms with Gasteiger partial charge in [-0.05, 0) is 60.8 Å². The molecule has 47 heavy (non-hydrogen) atoms. The van der Waals surface area contributed by atoms with Crippen molar-refractivity contribution in [2.45, 2.75) is 96.3 Å². The second-order valence-electron chi connectivity index (χ2n) is 13.4. The molecule has 4 rings (SSSR count). The largest absolute Gasteiger partial charge is 0.508 e. The van der Waals surface area contributed by atoms with Crippen LogP contribution in [-0.2, 0) is 36.8 Å².